The molecule has 0 bridgehead atoms. The van der Waals surface area contributed by atoms with Gasteiger partial charge in [-0.25, -0.2) is 8.42 Å². The summed E-state index contributed by atoms with van der Waals surface area (Å²) in [5.41, 5.74) is 3.74. The van der Waals surface area contributed by atoms with E-state index in [1.54, 1.807) is 18.2 Å². The average molecular weight is 519 g/mol. The molecule has 1 fully saturated rings. The van der Waals surface area contributed by atoms with Gasteiger partial charge in [0.1, 0.15) is 5.76 Å². The monoisotopic (exact) mass is 518 g/mol. The van der Waals surface area contributed by atoms with Crippen LogP contribution in [0.2, 0.25) is 0 Å². The molecule has 2 aliphatic rings. The summed E-state index contributed by atoms with van der Waals surface area (Å²) in [5, 5.41) is 4.02. The van der Waals surface area contributed by atoms with Gasteiger partial charge in [-0.15, -0.1) is 0 Å². The highest BCUT2D eigenvalue weighted by molar-refractivity contribution is 9.10. The summed E-state index contributed by atoms with van der Waals surface area (Å²) in [6, 6.07) is 11.0. The first-order valence-corrected chi connectivity index (χ1v) is 13.3. The third kappa shape index (κ3) is 4.41. The molecule has 3 heterocycles. The first-order valence-electron chi connectivity index (χ1n) is 10.7. The number of aromatic nitrogens is 1. The zero-order valence-electron chi connectivity index (χ0n) is 17.4. The number of fused-ring (bicyclic) bond motifs is 1. The van der Waals surface area contributed by atoms with Crippen molar-refractivity contribution in [2.45, 2.75) is 44.7 Å². The molecule has 1 amide bonds. The fourth-order valence-electron chi connectivity index (χ4n) is 4.54. The lowest BCUT2D eigenvalue weighted by Gasteiger charge is -2.26. The van der Waals surface area contributed by atoms with Crippen LogP contribution in [-0.2, 0) is 29.2 Å². The van der Waals surface area contributed by atoms with Gasteiger partial charge in [0.25, 0.3) is 5.91 Å². The smallest absolute Gasteiger partial charge is 0.276 e. The van der Waals surface area contributed by atoms with E-state index >= 15 is 0 Å². The van der Waals surface area contributed by atoms with Crippen LogP contribution in [0.3, 0.4) is 0 Å². The number of aryl methyl sites for hydroxylation is 2. The molecule has 0 spiro atoms. The minimum Gasteiger partial charge on any atom is -0.452 e. The molecule has 9 heteroatoms. The molecular weight excluding hydrogens is 496 g/mol. The predicted octanol–water partition coefficient (Wildman–Crippen LogP) is 4.41. The molecule has 5 rings (SSSR count). The lowest BCUT2D eigenvalue weighted by atomic mass is 9.90. The van der Waals surface area contributed by atoms with Gasteiger partial charge >= 0.3 is 0 Å². The summed E-state index contributed by atoms with van der Waals surface area (Å²) >= 11 is 3.27. The Bertz CT molecular complexity index is 1260. The van der Waals surface area contributed by atoms with Crippen LogP contribution in [0.1, 0.15) is 46.6 Å². The van der Waals surface area contributed by atoms with Crippen molar-refractivity contribution < 1.29 is 22.2 Å². The summed E-state index contributed by atoms with van der Waals surface area (Å²) in [6.07, 6.45) is 4.93. The van der Waals surface area contributed by atoms with E-state index in [9.17, 15) is 13.2 Å². The van der Waals surface area contributed by atoms with Gasteiger partial charge < -0.3 is 13.8 Å². The number of carbonyl (C=O) groups excluding carboxylic acids is 1. The van der Waals surface area contributed by atoms with Crippen molar-refractivity contribution in [3.63, 3.8) is 0 Å². The normalized spacial score (nSPS) is 19.6. The Morgan fingerprint density at radius 1 is 1.12 bits per heavy atom. The highest BCUT2D eigenvalue weighted by atomic mass is 79.9. The first-order chi connectivity index (χ1) is 15.4. The minimum atomic E-state index is -3.17. The van der Waals surface area contributed by atoms with Crippen molar-refractivity contribution in [1.29, 1.82) is 0 Å². The molecule has 1 unspecified atom stereocenters. The second kappa shape index (κ2) is 8.51. The molecule has 1 aliphatic heterocycles. The highest BCUT2D eigenvalue weighted by Crippen LogP contribution is 2.29. The van der Waals surface area contributed by atoms with Gasteiger partial charge in [0.05, 0.1) is 18.1 Å². The van der Waals surface area contributed by atoms with E-state index < -0.39 is 15.9 Å². The van der Waals surface area contributed by atoms with E-state index in [0.29, 0.717) is 22.6 Å². The maximum absolute atomic E-state index is 13.4. The second-order valence-corrected chi connectivity index (χ2v) is 11.5. The Morgan fingerprint density at radius 2 is 1.94 bits per heavy atom. The van der Waals surface area contributed by atoms with Crippen molar-refractivity contribution in [2.75, 3.05) is 11.5 Å². The number of hydrogen-bond acceptors (Lipinski definition) is 6. The van der Waals surface area contributed by atoms with Crippen LogP contribution in [0.25, 0.3) is 11.3 Å². The third-order valence-electron chi connectivity index (χ3n) is 6.23. The molecule has 0 radical (unpaired) electrons. The standard InChI is InChI=1S/C23H23BrN2O5S/c24-22-8-7-19(30-22)13-26(18-9-10-32(28,29)14-18)23(27)20-12-21(31-25-20)17-6-5-15-3-1-2-4-16(15)11-17/h5-8,11-12,18H,1-4,9-10,13-14H2. The van der Waals surface area contributed by atoms with Crippen LogP contribution in [0, 0.1) is 0 Å². The number of furan rings is 1. The van der Waals surface area contributed by atoms with E-state index in [2.05, 4.69) is 33.2 Å². The lowest BCUT2D eigenvalue weighted by Crippen LogP contribution is -2.40. The number of hydrogen-bond donors (Lipinski definition) is 0. The van der Waals surface area contributed by atoms with Gasteiger partial charge in [-0.05, 0) is 77.4 Å². The van der Waals surface area contributed by atoms with Crippen molar-refractivity contribution in [3.8, 4) is 11.3 Å². The molecule has 3 aromatic rings. The molecule has 1 aromatic carbocycles. The van der Waals surface area contributed by atoms with Gasteiger partial charge in [-0.3, -0.25) is 4.79 Å². The Labute approximate surface area is 194 Å². The molecule has 2 aromatic heterocycles. The molecule has 7 nitrogen and oxygen atoms in total. The topological polar surface area (TPSA) is 93.6 Å². The quantitative estimate of drug-likeness (QED) is 0.496. The first kappa shape index (κ1) is 21.5. The van der Waals surface area contributed by atoms with Crippen LogP contribution in [0.5, 0.6) is 0 Å². The van der Waals surface area contributed by atoms with Gasteiger partial charge in [0, 0.05) is 17.7 Å². The highest BCUT2D eigenvalue weighted by Gasteiger charge is 2.36. The molecule has 168 valence electrons. The van der Waals surface area contributed by atoms with E-state index in [-0.39, 0.29) is 29.7 Å². The number of sulfone groups is 1. The lowest BCUT2D eigenvalue weighted by molar-refractivity contribution is 0.0655. The Balaban J connectivity index is 1.42. The van der Waals surface area contributed by atoms with E-state index in [1.165, 1.54) is 28.9 Å². The average Bonchev–Trinajstić information content (AvgIpc) is 3.51. The SMILES string of the molecule is O=C(c1cc(-c2ccc3c(c2)CCCC3)on1)N(Cc1ccc(Br)o1)C1CCS(=O)(=O)C1. The maximum Gasteiger partial charge on any atom is 0.276 e. The Morgan fingerprint density at radius 3 is 2.66 bits per heavy atom. The van der Waals surface area contributed by atoms with Crippen molar-refractivity contribution in [3.05, 3.63) is 63.6 Å². The molecule has 32 heavy (non-hydrogen) atoms. The van der Waals surface area contributed by atoms with E-state index in [1.807, 2.05) is 6.07 Å². The number of halogens is 1. The molecular formula is C23H23BrN2O5S. The number of nitrogens with zero attached hydrogens (tertiary/aromatic N) is 2. The van der Waals surface area contributed by atoms with Crippen LogP contribution in [0.15, 0.2) is 50.0 Å². The predicted molar refractivity (Wildman–Crippen MR) is 122 cm³/mol. The second-order valence-electron chi connectivity index (χ2n) is 8.46. The number of rotatable bonds is 5. The van der Waals surface area contributed by atoms with Crippen LogP contribution in [0.4, 0.5) is 0 Å². The zero-order valence-corrected chi connectivity index (χ0v) is 19.8. The number of carbonyl (C=O) groups is 1. The summed E-state index contributed by atoms with van der Waals surface area (Å²) in [4.78, 5) is 14.9. The molecule has 1 aliphatic carbocycles. The minimum absolute atomic E-state index is 0.0594. The van der Waals surface area contributed by atoms with Crippen LogP contribution < -0.4 is 0 Å². The molecule has 1 atom stereocenters. The van der Waals surface area contributed by atoms with Crippen LogP contribution >= 0.6 is 15.9 Å². The summed E-state index contributed by atoms with van der Waals surface area (Å²) in [5.74, 6) is 0.737. The summed E-state index contributed by atoms with van der Waals surface area (Å²) in [7, 11) is -3.17. The van der Waals surface area contributed by atoms with E-state index in [0.717, 1.165) is 18.4 Å². The zero-order chi connectivity index (χ0) is 22.3. The molecule has 0 saturated carbocycles. The Hall–Kier alpha value is -2.39. The maximum atomic E-state index is 13.4. The van der Waals surface area contributed by atoms with Crippen LogP contribution in [-0.4, -0.2) is 41.9 Å². The van der Waals surface area contributed by atoms with Gasteiger partial charge in [0.15, 0.2) is 26.0 Å². The molecule has 0 N–H and O–H groups in total. The van der Waals surface area contributed by atoms with E-state index in [4.69, 9.17) is 8.94 Å². The number of amides is 1. The van der Waals surface area contributed by atoms with Crippen molar-refractivity contribution in [1.82, 2.24) is 10.1 Å². The van der Waals surface area contributed by atoms with Crippen molar-refractivity contribution in [2.24, 2.45) is 0 Å². The van der Waals surface area contributed by atoms with Gasteiger partial charge in [0.2, 0.25) is 0 Å². The fourth-order valence-corrected chi connectivity index (χ4v) is 6.61. The summed E-state index contributed by atoms with van der Waals surface area (Å²) in [6.45, 7) is 0.158. The van der Waals surface area contributed by atoms with Crippen molar-refractivity contribution >= 4 is 31.7 Å². The fraction of sp³-hybridized carbons (Fsp3) is 0.391. The molecule has 1 saturated heterocycles. The largest absolute Gasteiger partial charge is 0.452 e. The number of benzene rings is 1. The summed E-state index contributed by atoms with van der Waals surface area (Å²) < 4.78 is 35.8. The van der Waals surface area contributed by atoms with Gasteiger partial charge in [-0.2, -0.15) is 0 Å². The Kier molecular flexibility index (Phi) is 5.71. The third-order valence-corrected chi connectivity index (χ3v) is 8.40. The van der Waals surface area contributed by atoms with Gasteiger partial charge in [-0.1, -0.05) is 17.3 Å².